The van der Waals surface area contributed by atoms with Gasteiger partial charge < -0.3 is 4.42 Å². The van der Waals surface area contributed by atoms with Crippen LogP contribution in [0.15, 0.2) is 16.5 Å². The molecule has 1 aromatic heterocycles. The first kappa shape index (κ1) is 11.9. The summed E-state index contributed by atoms with van der Waals surface area (Å²) in [6, 6.07) is 2.52. The Balaban J connectivity index is 3.11. The zero-order valence-electron chi connectivity index (χ0n) is 7.87. The number of aryl methyl sites for hydroxylation is 1. The number of anilines is 1. The van der Waals surface area contributed by atoms with E-state index < -0.39 is 15.5 Å². The molecule has 8 heteroatoms. The quantitative estimate of drug-likeness (QED) is 0.796. The maximum atomic E-state index is 12.1. The summed E-state index contributed by atoms with van der Waals surface area (Å²) >= 11 is 0. The predicted octanol–water partition coefficient (Wildman–Crippen LogP) is 1.87. The lowest BCUT2D eigenvalue weighted by Gasteiger charge is -2.17. The van der Waals surface area contributed by atoms with Crippen LogP contribution in [0.1, 0.15) is 5.76 Å². The topological polar surface area (TPSA) is 50.5 Å². The van der Waals surface area contributed by atoms with Gasteiger partial charge in [0, 0.05) is 13.1 Å². The number of sulfonamides is 1. The minimum absolute atomic E-state index is 0.0556. The van der Waals surface area contributed by atoms with Crippen molar-refractivity contribution in [1.82, 2.24) is 0 Å². The van der Waals surface area contributed by atoms with Crippen molar-refractivity contribution in [2.45, 2.75) is 12.4 Å². The molecular formula is C7H8F3NO3S. The largest absolute Gasteiger partial charge is 0.516 e. The normalized spacial score (nSPS) is 12.9. The fraction of sp³-hybridized carbons (Fsp3) is 0.429. The first-order valence-electron chi connectivity index (χ1n) is 3.78. The summed E-state index contributed by atoms with van der Waals surface area (Å²) in [7, 11) is -4.60. The molecule has 1 heterocycles. The second-order valence-corrected chi connectivity index (χ2v) is 4.76. The van der Waals surface area contributed by atoms with E-state index in [9.17, 15) is 21.6 Å². The minimum atomic E-state index is -5.38. The Bertz CT molecular complexity index is 448. The third kappa shape index (κ3) is 2.09. The lowest BCUT2D eigenvalue weighted by atomic mass is 10.5. The Kier molecular flexibility index (Phi) is 2.73. The van der Waals surface area contributed by atoms with E-state index in [0.29, 0.717) is 5.76 Å². The average molecular weight is 243 g/mol. The van der Waals surface area contributed by atoms with Crippen LogP contribution >= 0.6 is 0 Å². The number of halogens is 3. The maximum Gasteiger partial charge on any atom is 0.516 e. The van der Waals surface area contributed by atoms with Gasteiger partial charge in [-0.05, 0) is 13.0 Å². The van der Waals surface area contributed by atoms with Crippen LogP contribution in [0.5, 0.6) is 0 Å². The lowest BCUT2D eigenvalue weighted by Crippen LogP contribution is -2.37. The van der Waals surface area contributed by atoms with Crippen molar-refractivity contribution < 1.29 is 26.0 Å². The summed E-state index contributed by atoms with van der Waals surface area (Å²) in [6.45, 7) is 1.50. The number of nitrogens with zero attached hydrogens (tertiary/aromatic N) is 1. The Morgan fingerprint density at radius 1 is 1.33 bits per heavy atom. The molecule has 0 aliphatic carbocycles. The van der Waals surface area contributed by atoms with Gasteiger partial charge in [-0.15, -0.1) is 0 Å². The van der Waals surface area contributed by atoms with Crippen molar-refractivity contribution in [2.75, 3.05) is 11.4 Å². The number of alkyl halides is 3. The van der Waals surface area contributed by atoms with Crippen LogP contribution in [0, 0.1) is 6.92 Å². The summed E-state index contributed by atoms with van der Waals surface area (Å²) in [4.78, 5) is 0. The monoisotopic (exact) mass is 243 g/mol. The molecule has 15 heavy (non-hydrogen) atoms. The van der Waals surface area contributed by atoms with E-state index in [0.717, 1.165) is 13.1 Å². The van der Waals surface area contributed by atoms with Crippen molar-refractivity contribution >= 4 is 15.9 Å². The van der Waals surface area contributed by atoms with Gasteiger partial charge in [-0.2, -0.15) is 21.6 Å². The second-order valence-electron chi connectivity index (χ2n) is 2.80. The smallest absolute Gasteiger partial charge is 0.445 e. The van der Waals surface area contributed by atoms with E-state index in [2.05, 4.69) is 0 Å². The third-order valence-electron chi connectivity index (χ3n) is 1.69. The molecule has 0 saturated carbocycles. The molecule has 0 saturated heterocycles. The molecule has 0 aromatic carbocycles. The highest BCUT2D eigenvalue weighted by atomic mass is 32.2. The summed E-state index contributed by atoms with van der Waals surface area (Å²) in [5, 5.41) is 0. The molecule has 0 spiro atoms. The van der Waals surface area contributed by atoms with Crippen LogP contribution in [-0.4, -0.2) is 21.0 Å². The SMILES string of the molecule is Cc1ccc(N(C)S(=O)(=O)C(F)(F)F)o1. The molecule has 0 amide bonds. The summed E-state index contributed by atoms with van der Waals surface area (Å²) in [5.41, 5.74) is -5.33. The molecule has 4 nitrogen and oxygen atoms in total. The second kappa shape index (κ2) is 3.44. The average Bonchev–Trinajstić information content (AvgIpc) is 2.48. The highest BCUT2D eigenvalue weighted by Gasteiger charge is 2.49. The highest BCUT2D eigenvalue weighted by Crippen LogP contribution is 2.30. The number of hydrogen-bond acceptors (Lipinski definition) is 3. The van der Waals surface area contributed by atoms with Crippen molar-refractivity contribution in [3.63, 3.8) is 0 Å². The van der Waals surface area contributed by atoms with Gasteiger partial charge in [-0.1, -0.05) is 0 Å². The van der Waals surface area contributed by atoms with Crippen LogP contribution in [0.3, 0.4) is 0 Å². The zero-order valence-corrected chi connectivity index (χ0v) is 8.69. The molecule has 0 bridgehead atoms. The van der Waals surface area contributed by atoms with Gasteiger partial charge in [0.15, 0.2) is 0 Å². The van der Waals surface area contributed by atoms with E-state index in [1.54, 1.807) is 0 Å². The number of furan rings is 1. The highest BCUT2D eigenvalue weighted by molar-refractivity contribution is 7.93. The Morgan fingerprint density at radius 3 is 2.20 bits per heavy atom. The van der Waals surface area contributed by atoms with Crippen LogP contribution in [0.4, 0.5) is 19.1 Å². The van der Waals surface area contributed by atoms with Gasteiger partial charge in [0.25, 0.3) is 0 Å². The van der Waals surface area contributed by atoms with Crippen molar-refractivity contribution in [2.24, 2.45) is 0 Å². The molecule has 0 radical (unpaired) electrons. The predicted molar refractivity (Wildman–Crippen MR) is 46.8 cm³/mol. The zero-order chi connectivity index (χ0) is 11.9. The summed E-state index contributed by atoms with van der Waals surface area (Å²) in [6.07, 6.45) is 0. The maximum absolute atomic E-state index is 12.1. The fourth-order valence-electron chi connectivity index (χ4n) is 0.865. The Labute approximate surface area is 84.3 Å². The Hall–Kier alpha value is -1.18. The minimum Gasteiger partial charge on any atom is -0.445 e. The molecule has 0 fully saturated rings. The standard InChI is InChI=1S/C7H8F3NO3S/c1-5-3-4-6(14-5)11(2)15(12,13)7(8,9)10/h3-4H,1-2H3. The van der Waals surface area contributed by atoms with E-state index in [1.165, 1.54) is 13.0 Å². The first-order valence-corrected chi connectivity index (χ1v) is 5.22. The van der Waals surface area contributed by atoms with Crippen LogP contribution in [-0.2, 0) is 10.0 Å². The number of rotatable bonds is 2. The lowest BCUT2D eigenvalue weighted by molar-refractivity contribution is -0.0437. The van der Waals surface area contributed by atoms with Gasteiger partial charge >= 0.3 is 15.5 Å². The molecule has 0 aliphatic heterocycles. The van der Waals surface area contributed by atoms with Gasteiger partial charge in [-0.25, -0.2) is 4.31 Å². The summed E-state index contributed by atoms with van der Waals surface area (Å²) in [5.74, 6) is -0.0425. The molecule has 0 atom stereocenters. The molecule has 1 rings (SSSR count). The van der Waals surface area contributed by atoms with Crippen molar-refractivity contribution in [3.05, 3.63) is 17.9 Å². The molecule has 0 unspecified atom stereocenters. The molecule has 0 aliphatic rings. The molecule has 86 valence electrons. The van der Waals surface area contributed by atoms with E-state index >= 15 is 0 Å². The fourth-order valence-corrected chi connectivity index (χ4v) is 1.51. The Morgan fingerprint density at radius 2 is 1.87 bits per heavy atom. The van der Waals surface area contributed by atoms with E-state index in [4.69, 9.17) is 4.42 Å². The molecule has 1 aromatic rings. The van der Waals surface area contributed by atoms with Gasteiger partial charge in [0.2, 0.25) is 5.88 Å². The van der Waals surface area contributed by atoms with Crippen LogP contribution in [0.2, 0.25) is 0 Å². The number of hydrogen-bond donors (Lipinski definition) is 0. The molecule has 0 N–H and O–H groups in total. The van der Waals surface area contributed by atoms with Crippen molar-refractivity contribution in [1.29, 1.82) is 0 Å². The van der Waals surface area contributed by atoms with Gasteiger partial charge in [0.05, 0.1) is 0 Å². The summed E-state index contributed by atoms with van der Waals surface area (Å²) < 4.78 is 62.9. The first-order chi connectivity index (χ1) is 6.66. The van der Waals surface area contributed by atoms with Gasteiger partial charge in [0.1, 0.15) is 5.76 Å². The van der Waals surface area contributed by atoms with Crippen LogP contribution < -0.4 is 4.31 Å². The van der Waals surface area contributed by atoms with Crippen molar-refractivity contribution in [3.8, 4) is 0 Å². The van der Waals surface area contributed by atoms with E-state index in [1.807, 2.05) is 0 Å². The van der Waals surface area contributed by atoms with Gasteiger partial charge in [-0.3, -0.25) is 0 Å². The molecular weight excluding hydrogens is 235 g/mol. The van der Waals surface area contributed by atoms with E-state index in [-0.39, 0.29) is 10.2 Å². The third-order valence-corrected chi connectivity index (χ3v) is 3.18. The van der Waals surface area contributed by atoms with Crippen LogP contribution in [0.25, 0.3) is 0 Å².